The molecule has 1 aliphatic heterocycles. The minimum atomic E-state index is -4.36. The molecule has 0 aliphatic carbocycles. The fourth-order valence-corrected chi connectivity index (χ4v) is 3.64. The Labute approximate surface area is 115 Å². The van der Waals surface area contributed by atoms with Gasteiger partial charge in [0.05, 0.1) is 10.8 Å². The number of rotatable bonds is 3. The van der Waals surface area contributed by atoms with E-state index in [-0.39, 0.29) is 24.4 Å². The van der Waals surface area contributed by atoms with Gasteiger partial charge in [0.25, 0.3) is 0 Å². The molecule has 0 bridgehead atoms. The number of sulfonamides is 1. The Bertz CT molecular complexity index is 569. The van der Waals surface area contributed by atoms with Gasteiger partial charge in [0.2, 0.25) is 10.0 Å². The number of alkyl halides is 3. The Hall–Kier alpha value is -1.12. The molecule has 1 saturated heterocycles. The standard InChI is InChI=1S/C12H14F3N2O2S/c13-12(14,15)10-5-6-17(8-10)20(18,19)11-3-1-9(7-16)2-4-11/h1-4,10,16H,5-8H2/q-1. The van der Waals surface area contributed by atoms with Crippen LogP contribution in [-0.2, 0) is 16.6 Å². The monoisotopic (exact) mass is 307 g/mol. The summed E-state index contributed by atoms with van der Waals surface area (Å²) in [4.78, 5) is -0.0301. The summed E-state index contributed by atoms with van der Waals surface area (Å²) in [5.74, 6) is -1.59. The smallest absolute Gasteiger partial charge is 0.393 e. The molecule has 8 heteroatoms. The fourth-order valence-electron chi connectivity index (χ4n) is 2.14. The summed E-state index contributed by atoms with van der Waals surface area (Å²) in [6.45, 7) is -0.612. The molecular formula is C12H14F3N2O2S-. The van der Waals surface area contributed by atoms with Gasteiger partial charge in [-0.3, -0.25) is 0 Å². The van der Waals surface area contributed by atoms with E-state index < -0.39 is 28.7 Å². The van der Waals surface area contributed by atoms with Gasteiger partial charge in [0.1, 0.15) is 0 Å². The first kappa shape index (κ1) is 15.3. The molecule has 0 saturated carbocycles. The zero-order chi connectivity index (χ0) is 15.0. The number of hydrogen-bond acceptors (Lipinski definition) is 2. The number of hydrogen-bond donors (Lipinski definition) is 0. The molecule has 2 rings (SSSR count). The van der Waals surface area contributed by atoms with Crippen molar-refractivity contribution in [2.45, 2.75) is 24.0 Å². The molecule has 0 radical (unpaired) electrons. The average Bonchev–Trinajstić information content (AvgIpc) is 2.89. The van der Waals surface area contributed by atoms with E-state index in [1.807, 2.05) is 0 Å². The predicted molar refractivity (Wildman–Crippen MR) is 67.4 cm³/mol. The van der Waals surface area contributed by atoms with Crippen LogP contribution in [0.2, 0.25) is 0 Å². The minimum Gasteiger partial charge on any atom is -0.674 e. The largest absolute Gasteiger partial charge is 0.674 e. The van der Waals surface area contributed by atoms with E-state index in [9.17, 15) is 21.6 Å². The highest BCUT2D eigenvalue weighted by Crippen LogP contribution is 2.35. The first-order valence-corrected chi connectivity index (χ1v) is 7.49. The van der Waals surface area contributed by atoms with Crippen LogP contribution in [0.15, 0.2) is 29.2 Å². The molecule has 1 N–H and O–H groups in total. The van der Waals surface area contributed by atoms with Gasteiger partial charge in [-0.2, -0.15) is 17.5 Å². The lowest BCUT2D eigenvalue weighted by molar-refractivity contribution is -0.169. The quantitative estimate of drug-likeness (QED) is 0.862. The highest BCUT2D eigenvalue weighted by Gasteiger charge is 2.46. The summed E-state index contributed by atoms with van der Waals surface area (Å²) in [6, 6.07) is 5.66. The van der Waals surface area contributed by atoms with E-state index >= 15 is 0 Å². The summed E-state index contributed by atoms with van der Waals surface area (Å²) >= 11 is 0. The zero-order valence-corrected chi connectivity index (χ0v) is 11.3. The van der Waals surface area contributed by atoms with E-state index in [2.05, 4.69) is 0 Å². The number of halogens is 3. The number of nitrogens with zero attached hydrogens (tertiary/aromatic N) is 1. The van der Waals surface area contributed by atoms with E-state index in [0.29, 0.717) is 5.56 Å². The lowest BCUT2D eigenvalue weighted by atomic mass is 10.1. The van der Waals surface area contributed by atoms with Crippen molar-refractivity contribution in [1.82, 2.24) is 4.31 Å². The van der Waals surface area contributed by atoms with Crippen molar-refractivity contribution < 1.29 is 21.6 Å². The van der Waals surface area contributed by atoms with Crippen molar-refractivity contribution in [2.75, 3.05) is 13.1 Å². The van der Waals surface area contributed by atoms with Gasteiger partial charge >= 0.3 is 6.18 Å². The van der Waals surface area contributed by atoms with Gasteiger partial charge in [-0.15, -0.1) is 6.54 Å². The third-order valence-corrected chi connectivity index (χ3v) is 5.26. The molecular weight excluding hydrogens is 293 g/mol. The van der Waals surface area contributed by atoms with Crippen molar-refractivity contribution in [1.29, 1.82) is 0 Å². The molecule has 1 aromatic rings. The zero-order valence-electron chi connectivity index (χ0n) is 10.5. The second kappa shape index (κ2) is 5.34. The van der Waals surface area contributed by atoms with E-state index in [1.54, 1.807) is 0 Å². The van der Waals surface area contributed by atoms with Gasteiger partial charge in [-0.25, -0.2) is 8.42 Å². The molecule has 1 atom stereocenters. The molecule has 20 heavy (non-hydrogen) atoms. The Morgan fingerprint density at radius 2 is 1.85 bits per heavy atom. The van der Waals surface area contributed by atoms with Crippen molar-refractivity contribution >= 4 is 10.0 Å². The molecule has 0 amide bonds. The Morgan fingerprint density at radius 1 is 1.25 bits per heavy atom. The first-order valence-electron chi connectivity index (χ1n) is 6.05. The lowest BCUT2D eigenvalue weighted by Gasteiger charge is -2.18. The van der Waals surface area contributed by atoms with Gasteiger partial charge < -0.3 is 5.73 Å². The summed E-state index contributed by atoms with van der Waals surface area (Å²) in [5.41, 5.74) is 7.80. The van der Waals surface area contributed by atoms with Crippen LogP contribution in [0.25, 0.3) is 5.73 Å². The van der Waals surface area contributed by atoms with Crippen molar-refractivity contribution in [3.05, 3.63) is 35.6 Å². The first-order chi connectivity index (χ1) is 9.25. The molecule has 1 heterocycles. The average molecular weight is 307 g/mol. The molecule has 1 unspecified atom stereocenters. The fraction of sp³-hybridized carbons (Fsp3) is 0.500. The summed E-state index contributed by atoms with van der Waals surface area (Å²) in [5, 5.41) is 0. The molecule has 0 spiro atoms. The maximum absolute atomic E-state index is 12.6. The van der Waals surface area contributed by atoms with Gasteiger partial charge in [-0.05, 0) is 18.6 Å². The minimum absolute atomic E-state index is 0.0280. The van der Waals surface area contributed by atoms with Crippen molar-refractivity contribution in [3.8, 4) is 0 Å². The third kappa shape index (κ3) is 2.97. The topological polar surface area (TPSA) is 61.2 Å². The Morgan fingerprint density at radius 3 is 2.30 bits per heavy atom. The van der Waals surface area contributed by atoms with Crippen LogP contribution >= 0.6 is 0 Å². The molecule has 4 nitrogen and oxygen atoms in total. The van der Waals surface area contributed by atoms with Crippen LogP contribution in [-0.4, -0.2) is 32.0 Å². The second-order valence-electron chi connectivity index (χ2n) is 4.71. The molecule has 112 valence electrons. The molecule has 1 fully saturated rings. The van der Waals surface area contributed by atoms with Crippen LogP contribution in [0.1, 0.15) is 12.0 Å². The van der Waals surface area contributed by atoms with Gasteiger partial charge in [0, 0.05) is 13.1 Å². The van der Waals surface area contributed by atoms with Crippen molar-refractivity contribution in [3.63, 3.8) is 0 Å². The highest BCUT2D eigenvalue weighted by atomic mass is 32.2. The summed E-state index contributed by atoms with van der Waals surface area (Å²) in [7, 11) is -3.88. The highest BCUT2D eigenvalue weighted by molar-refractivity contribution is 7.89. The van der Waals surface area contributed by atoms with Crippen LogP contribution < -0.4 is 0 Å². The number of benzene rings is 1. The molecule has 1 aliphatic rings. The number of nitrogens with one attached hydrogen (secondary N) is 1. The lowest BCUT2D eigenvalue weighted by Crippen LogP contribution is -2.32. The Balaban J connectivity index is 2.19. The maximum Gasteiger partial charge on any atom is 0.393 e. The van der Waals surface area contributed by atoms with Gasteiger partial charge in [-0.1, -0.05) is 17.7 Å². The van der Waals surface area contributed by atoms with E-state index in [4.69, 9.17) is 5.73 Å². The van der Waals surface area contributed by atoms with Gasteiger partial charge in [0.15, 0.2) is 0 Å². The SMILES string of the molecule is [NH-]Cc1ccc(S(=O)(=O)N2CCC(C(F)(F)F)C2)cc1. The Kier molecular flexibility index (Phi) is 4.08. The van der Waals surface area contributed by atoms with E-state index in [1.165, 1.54) is 24.3 Å². The van der Waals surface area contributed by atoms with Crippen LogP contribution in [0, 0.1) is 5.92 Å². The normalized spacial score (nSPS) is 21.3. The molecule has 1 aromatic carbocycles. The maximum atomic E-state index is 12.6. The van der Waals surface area contributed by atoms with Crippen LogP contribution in [0.5, 0.6) is 0 Å². The summed E-state index contributed by atoms with van der Waals surface area (Å²) < 4.78 is 63.1. The van der Waals surface area contributed by atoms with Crippen molar-refractivity contribution in [2.24, 2.45) is 5.92 Å². The third-order valence-electron chi connectivity index (χ3n) is 3.38. The van der Waals surface area contributed by atoms with E-state index in [0.717, 1.165) is 4.31 Å². The summed E-state index contributed by atoms with van der Waals surface area (Å²) in [6.07, 6.45) is -4.56. The second-order valence-corrected chi connectivity index (χ2v) is 6.65. The van der Waals surface area contributed by atoms with Crippen LogP contribution in [0.4, 0.5) is 13.2 Å². The van der Waals surface area contributed by atoms with Crippen LogP contribution in [0.3, 0.4) is 0 Å². The molecule has 0 aromatic heterocycles. The predicted octanol–water partition coefficient (Wildman–Crippen LogP) is 2.81.